The SMILES string of the molecule is CC1(C)Cc2n[nH]nc2C(C)(C)N1O. The Kier molecular flexibility index (Phi) is 1.75. The highest BCUT2D eigenvalue weighted by atomic mass is 16.5. The van der Waals surface area contributed by atoms with Crippen molar-refractivity contribution >= 4 is 0 Å². The van der Waals surface area contributed by atoms with E-state index < -0.39 is 5.54 Å². The number of hydroxylamine groups is 2. The zero-order valence-corrected chi connectivity index (χ0v) is 9.00. The minimum atomic E-state index is -0.482. The summed E-state index contributed by atoms with van der Waals surface area (Å²) in [5.74, 6) is 0. The third kappa shape index (κ3) is 1.09. The first-order chi connectivity index (χ1) is 6.36. The monoisotopic (exact) mass is 196 g/mol. The quantitative estimate of drug-likeness (QED) is 0.651. The van der Waals surface area contributed by atoms with Crippen molar-refractivity contribution in [1.29, 1.82) is 0 Å². The van der Waals surface area contributed by atoms with Gasteiger partial charge in [-0.1, -0.05) is 0 Å². The summed E-state index contributed by atoms with van der Waals surface area (Å²) in [6.07, 6.45) is 0.707. The second-order valence-electron chi connectivity index (χ2n) is 4.98. The van der Waals surface area contributed by atoms with Gasteiger partial charge in [0.2, 0.25) is 0 Å². The fourth-order valence-corrected chi connectivity index (χ4v) is 2.21. The Hall–Kier alpha value is -0.940. The van der Waals surface area contributed by atoms with Gasteiger partial charge >= 0.3 is 0 Å². The van der Waals surface area contributed by atoms with E-state index in [-0.39, 0.29) is 5.54 Å². The van der Waals surface area contributed by atoms with Crippen LogP contribution in [0.4, 0.5) is 0 Å². The van der Waals surface area contributed by atoms with Gasteiger partial charge in [-0.2, -0.15) is 20.5 Å². The third-order valence-corrected chi connectivity index (χ3v) is 2.90. The van der Waals surface area contributed by atoms with Crippen LogP contribution in [0.5, 0.6) is 0 Å². The van der Waals surface area contributed by atoms with Gasteiger partial charge in [-0.15, -0.1) is 0 Å². The molecule has 5 nitrogen and oxygen atoms in total. The molecule has 0 spiro atoms. The summed E-state index contributed by atoms with van der Waals surface area (Å²) in [7, 11) is 0. The molecule has 78 valence electrons. The highest BCUT2D eigenvalue weighted by Gasteiger charge is 2.46. The molecule has 1 aromatic heterocycles. The lowest BCUT2D eigenvalue weighted by Crippen LogP contribution is -2.56. The first-order valence-electron chi connectivity index (χ1n) is 4.75. The van der Waals surface area contributed by atoms with Crippen molar-refractivity contribution in [2.75, 3.05) is 0 Å². The summed E-state index contributed by atoms with van der Waals surface area (Å²) < 4.78 is 0. The van der Waals surface area contributed by atoms with Gasteiger partial charge in [0.1, 0.15) is 5.69 Å². The summed E-state index contributed by atoms with van der Waals surface area (Å²) in [4.78, 5) is 0. The van der Waals surface area contributed by atoms with Crippen LogP contribution in [0, 0.1) is 0 Å². The molecule has 2 heterocycles. The Morgan fingerprint density at radius 3 is 2.57 bits per heavy atom. The highest BCUT2D eigenvalue weighted by Crippen LogP contribution is 2.38. The van der Waals surface area contributed by atoms with Crippen molar-refractivity contribution in [1.82, 2.24) is 20.5 Å². The van der Waals surface area contributed by atoms with Crippen molar-refractivity contribution in [3.05, 3.63) is 11.4 Å². The molecule has 0 bridgehead atoms. The average Bonchev–Trinajstić information content (AvgIpc) is 2.49. The molecule has 2 rings (SSSR count). The minimum Gasteiger partial charge on any atom is -0.313 e. The molecule has 0 saturated heterocycles. The van der Waals surface area contributed by atoms with Crippen LogP contribution < -0.4 is 0 Å². The van der Waals surface area contributed by atoms with Gasteiger partial charge in [0.15, 0.2) is 0 Å². The molecular weight excluding hydrogens is 180 g/mol. The van der Waals surface area contributed by atoms with Crippen LogP contribution in [0.15, 0.2) is 0 Å². The average molecular weight is 196 g/mol. The largest absolute Gasteiger partial charge is 0.313 e. The van der Waals surface area contributed by atoms with Gasteiger partial charge in [0, 0.05) is 12.0 Å². The maximum atomic E-state index is 10.1. The number of nitrogens with zero attached hydrogens (tertiary/aromatic N) is 3. The first-order valence-corrected chi connectivity index (χ1v) is 4.75. The Morgan fingerprint density at radius 2 is 1.93 bits per heavy atom. The van der Waals surface area contributed by atoms with Gasteiger partial charge in [-0.25, -0.2) is 0 Å². The number of H-pyrrole nitrogens is 1. The number of aromatic amines is 1. The van der Waals surface area contributed by atoms with Crippen LogP contribution >= 0.6 is 0 Å². The zero-order chi connectivity index (χ0) is 10.6. The molecule has 2 N–H and O–H groups in total. The lowest BCUT2D eigenvalue weighted by atomic mass is 9.83. The van der Waals surface area contributed by atoms with Gasteiger partial charge in [-0.3, -0.25) is 0 Å². The van der Waals surface area contributed by atoms with E-state index in [9.17, 15) is 5.21 Å². The molecule has 1 aliphatic heterocycles. The number of hydrogen-bond donors (Lipinski definition) is 2. The minimum absolute atomic E-state index is 0.298. The lowest BCUT2D eigenvalue weighted by Gasteiger charge is -2.46. The Balaban J connectivity index is 2.55. The lowest BCUT2D eigenvalue weighted by molar-refractivity contribution is -0.235. The second kappa shape index (κ2) is 2.55. The number of rotatable bonds is 0. The number of nitrogens with one attached hydrogen (secondary N) is 1. The maximum absolute atomic E-state index is 10.1. The molecule has 0 fully saturated rings. The maximum Gasteiger partial charge on any atom is 0.108 e. The van der Waals surface area contributed by atoms with Crippen LogP contribution in [0.25, 0.3) is 0 Å². The van der Waals surface area contributed by atoms with Crippen molar-refractivity contribution in [2.24, 2.45) is 0 Å². The fraction of sp³-hybridized carbons (Fsp3) is 0.778. The normalized spacial score (nSPS) is 24.6. The molecule has 1 aliphatic rings. The summed E-state index contributed by atoms with van der Waals surface area (Å²) in [6, 6.07) is 0. The van der Waals surface area contributed by atoms with Crippen molar-refractivity contribution in [3.63, 3.8) is 0 Å². The van der Waals surface area contributed by atoms with E-state index in [1.807, 2.05) is 27.7 Å². The van der Waals surface area contributed by atoms with E-state index in [1.165, 1.54) is 5.06 Å². The van der Waals surface area contributed by atoms with Crippen molar-refractivity contribution < 1.29 is 5.21 Å². The van der Waals surface area contributed by atoms with E-state index in [2.05, 4.69) is 15.4 Å². The van der Waals surface area contributed by atoms with Gasteiger partial charge in [-0.05, 0) is 27.7 Å². The smallest absolute Gasteiger partial charge is 0.108 e. The van der Waals surface area contributed by atoms with Gasteiger partial charge in [0.25, 0.3) is 0 Å². The molecule has 1 aromatic rings. The Morgan fingerprint density at radius 1 is 1.29 bits per heavy atom. The van der Waals surface area contributed by atoms with E-state index in [4.69, 9.17) is 0 Å². The topological polar surface area (TPSA) is 65.0 Å². The standard InChI is InChI=1S/C9H16N4O/c1-8(2)5-6-7(11-12-10-6)9(3,4)13(8)14/h14H,5H2,1-4H3,(H,10,11,12). The molecule has 0 unspecified atom stereocenters. The fourth-order valence-electron chi connectivity index (χ4n) is 2.21. The van der Waals surface area contributed by atoms with Gasteiger partial charge in [0.05, 0.1) is 11.2 Å². The van der Waals surface area contributed by atoms with Crippen LogP contribution in [0.3, 0.4) is 0 Å². The number of aromatic nitrogens is 3. The molecule has 0 aliphatic carbocycles. The Labute approximate surface area is 83.1 Å². The van der Waals surface area contributed by atoms with E-state index in [1.54, 1.807) is 0 Å². The molecule has 0 atom stereocenters. The van der Waals surface area contributed by atoms with E-state index in [0.717, 1.165) is 11.4 Å². The van der Waals surface area contributed by atoms with E-state index >= 15 is 0 Å². The summed E-state index contributed by atoms with van der Waals surface area (Å²) >= 11 is 0. The molecule has 0 saturated carbocycles. The predicted molar refractivity (Wildman–Crippen MR) is 50.8 cm³/mol. The molecule has 0 aromatic carbocycles. The number of fused-ring (bicyclic) bond motifs is 1. The third-order valence-electron chi connectivity index (χ3n) is 2.90. The molecular formula is C9H16N4O. The van der Waals surface area contributed by atoms with Crippen LogP contribution in [-0.2, 0) is 12.0 Å². The summed E-state index contributed by atoms with van der Waals surface area (Å²) in [5.41, 5.74) is 1.00. The first kappa shape index (κ1) is 9.61. The molecule has 0 radical (unpaired) electrons. The molecule has 0 amide bonds. The highest BCUT2D eigenvalue weighted by molar-refractivity contribution is 5.24. The molecule has 5 heteroatoms. The Bertz CT molecular complexity index is 355. The van der Waals surface area contributed by atoms with E-state index in [0.29, 0.717) is 6.42 Å². The van der Waals surface area contributed by atoms with Crippen molar-refractivity contribution in [2.45, 2.75) is 45.2 Å². The van der Waals surface area contributed by atoms with Gasteiger partial charge < -0.3 is 5.21 Å². The second-order valence-corrected chi connectivity index (χ2v) is 4.98. The predicted octanol–water partition coefficient (Wildman–Crippen LogP) is 1.07. The molecule has 14 heavy (non-hydrogen) atoms. The van der Waals surface area contributed by atoms with Crippen LogP contribution in [-0.4, -0.2) is 31.2 Å². The zero-order valence-electron chi connectivity index (χ0n) is 9.00. The van der Waals surface area contributed by atoms with Crippen LogP contribution in [0.2, 0.25) is 0 Å². The van der Waals surface area contributed by atoms with Crippen molar-refractivity contribution in [3.8, 4) is 0 Å². The van der Waals surface area contributed by atoms with Crippen LogP contribution in [0.1, 0.15) is 39.1 Å². The summed E-state index contributed by atoms with van der Waals surface area (Å²) in [6.45, 7) is 7.86. The number of hydrogen-bond acceptors (Lipinski definition) is 4. The summed E-state index contributed by atoms with van der Waals surface area (Å²) in [5, 5.41) is 22.3.